The van der Waals surface area contributed by atoms with Gasteiger partial charge in [-0.05, 0) is 11.3 Å². The Hall–Kier alpha value is -0.570. The number of amides is 1. The van der Waals surface area contributed by atoms with E-state index in [2.05, 4.69) is 38.3 Å². The molecule has 0 aromatic carbocycles. The molecular formula is C12H26N2O. The standard InChI is InChI=1S/C12H26N2O/c1-9(2)13-8-11(15)14-7-10(3)12(4,5)6/h9-10,13H,7-8H2,1-6H3,(H,14,15). The third-order valence-electron chi connectivity index (χ3n) is 2.75. The molecule has 3 heteroatoms. The Morgan fingerprint density at radius 1 is 1.20 bits per heavy atom. The van der Waals surface area contributed by atoms with Crippen molar-refractivity contribution in [1.29, 1.82) is 0 Å². The smallest absolute Gasteiger partial charge is 0.233 e. The Balaban J connectivity index is 3.72. The van der Waals surface area contributed by atoms with Crippen molar-refractivity contribution in [1.82, 2.24) is 10.6 Å². The van der Waals surface area contributed by atoms with Gasteiger partial charge in [-0.3, -0.25) is 4.79 Å². The lowest BCUT2D eigenvalue weighted by Crippen LogP contribution is -2.40. The maximum absolute atomic E-state index is 11.4. The lowest BCUT2D eigenvalue weighted by molar-refractivity contribution is -0.120. The predicted octanol–water partition coefficient (Wildman–Crippen LogP) is 1.78. The van der Waals surface area contributed by atoms with Gasteiger partial charge in [0.1, 0.15) is 0 Å². The molecule has 1 amide bonds. The van der Waals surface area contributed by atoms with Crippen LogP contribution in [0.4, 0.5) is 0 Å². The summed E-state index contributed by atoms with van der Waals surface area (Å²) in [6.45, 7) is 14.0. The highest BCUT2D eigenvalue weighted by molar-refractivity contribution is 5.77. The Morgan fingerprint density at radius 2 is 1.73 bits per heavy atom. The zero-order valence-corrected chi connectivity index (χ0v) is 11.0. The van der Waals surface area contributed by atoms with Gasteiger partial charge in [0.2, 0.25) is 5.91 Å². The fraction of sp³-hybridized carbons (Fsp3) is 0.917. The van der Waals surface area contributed by atoms with E-state index in [1.165, 1.54) is 0 Å². The summed E-state index contributed by atoms with van der Waals surface area (Å²) >= 11 is 0. The normalized spacial score (nSPS) is 14.1. The zero-order valence-electron chi connectivity index (χ0n) is 11.0. The van der Waals surface area contributed by atoms with Gasteiger partial charge >= 0.3 is 0 Å². The van der Waals surface area contributed by atoms with Crippen LogP contribution in [0.5, 0.6) is 0 Å². The third-order valence-corrected chi connectivity index (χ3v) is 2.75. The highest BCUT2D eigenvalue weighted by Gasteiger charge is 2.20. The first-order valence-electron chi connectivity index (χ1n) is 5.73. The molecule has 90 valence electrons. The number of carbonyl (C=O) groups excluding carboxylic acids is 1. The van der Waals surface area contributed by atoms with Gasteiger partial charge in [0, 0.05) is 12.6 Å². The second-order valence-corrected chi connectivity index (χ2v) is 5.61. The summed E-state index contributed by atoms with van der Waals surface area (Å²) in [4.78, 5) is 11.4. The molecule has 0 aliphatic carbocycles. The van der Waals surface area contributed by atoms with Crippen molar-refractivity contribution in [2.75, 3.05) is 13.1 Å². The van der Waals surface area contributed by atoms with E-state index in [4.69, 9.17) is 0 Å². The van der Waals surface area contributed by atoms with Crippen LogP contribution in [-0.4, -0.2) is 25.0 Å². The van der Waals surface area contributed by atoms with Gasteiger partial charge < -0.3 is 10.6 Å². The second kappa shape index (κ2) is 6.11. The van der Waals surface area contributed by atoms with E-state index in [9.17, 15) is 4.79 Å². The predicted molar refractivity (Wildman–Crippen MR) is 64.8 cm³/mol. The number of rotatable bonds is 5. The van der Waals surface area contributed by atoms with Crippen LogP contribution in [0.2, 0.25) is 0 Å². The number of hydrogen-bond acceptors (Lipinski definition) is 2. The first-order chi connectivity index (χ1) is 6.73. The van der Waals surface area contributed by atoms with Crippen molar-refractivity contribution in [3.05, 3.63) is 0 Å². The average Bonchev–Trinajstić information content (AvgIpc) is 2.09. The molecule has 0 saturated carbocycles. The van der Waals surface area contributed by atoms with E-state index in [-0.39, 0.29) is 11.3 Å². The Kier molecular flexibility index (Phi) is 5.88. The van der Waals surface area contributed by atoms with E-state index < -0.39 is 0 Å². The highest BCUT2D eigenvalue weighted by Crippen LogP contribution is 2.24. The third kappa shape index (κ3) is 7.37. The average molecular weight is 214 g/mol. The van der Waals surface area contributed by atoms with Crippen molar-refractivity contribution in [2.24, 2.45) is 11.3 Å². The molecule has 0 aliphatic rings. The minimum absolute atomic E-state index is 0.0831. The van der Waals surface area contributed by atoms with Crippen LogP contribution in [0.15, 0.2) is 0 Å². The van der Waals surface area contributed by atoms with Crippen LogP contribution >= 0.6 is 0 Å². The molecule has 0 aromatic heterocycles. The highest BCUT2D eigenvalue weighted by atomic mass is 16.1. The zero-order chi connectivity index (χ0) is 12.1. The van der Waals surface area contributed by atoms with E-state index in [1.807, 2.05) is 13.8 Å². The van der Waals surface area contributed by atoms with E-state index in [0.29, 0.717) is 18.5 Å². The molecule has 0 fully saturated rings. The van der Waals surface area contributed by atoms with E-state index >= 15 is 0 Å². The Bertz CT molecular complexity index is 194. The quantitative estimate of drug-likeness (QED) is 0.732. The van der Waals surface area contributed by atoms with E-state index in [0.717, 1.165) is 6.54 Å². The summed E-state index contributed by atoms with van der Waals surface area (Å²) in [7, 11) is 0. The Labute approximate surface area is 94.0 Å². The molecule has 0 radical (unpaired) electrons. The topological polar surface area (TPSA) is 41.1 Å². The van der Waals surface area contributed by atoms with Crippen molar-refractivity contribution >= 4 is 5.91 Å². The van der Waals surface area contributed by atoms with Crippen LogP contribution < -0.4 is 10.6 Å². The maximum atomic E-state index is 11.4. The van der Waals surface area contributed by atoms with Crippen LogP contribution in [0, 0.1) is 11.3 Å². The van der Waals surface area contributed by atoms with Gasteiger partial charge in [-0.25, -0.2) is 0 Å². The van der Waals surface area contributed by atoms with Gasteiger partial charge in [0.05, 0.1) is 6.54 Å². The minimum atomic E-state index is 0.0831. The van der Waals surface area contributed by atoms with Crippen LogP contribution in [0.25, 0.3) is 0 Å². The monoisotopic (exact) mass is 214 g/mol. The summed E-state index contributed by atoms with van der Waals surface area (Å²) in [5, 5.41) is 6.04. The molecule has 15 heavy (non-hydrogen) atoms. The molecule has 0 bridgehead atoms. The summed E-state index contributed by atoms with van der Waals surface area (Å²) in [5.74, 6) is 0.570. The molecule has 1 unspecified atom stereocenters. The molecule has 0 spiro atoms. The molecule has 2 N–H and O–H groups in total. The van der Waals surface area contributed by atoms with Crippen molar-refractivity contribution in [3.8, 4) is 0 Å². The van der Waals surface area contributed by atoms with Gasteiger partial charge in [-0.1, -0.05) is 41.5 Å². The first kappa shape index (κ1) is 14.4. The van der Waals surface area contributed by atoms with E-state index in [1.54, 1.807) is 0 Å². The number of nitrogens with one attached hydrogen (secondary N) is 2. The SMILES string of the molecule is CC(C)NCC(=O)NCC(C)C(C)(C)C. The number of hydrogen-bond donors (Lipinski definition) is 2. The van der Waals surface area contributed by atoms with Crippen molar-refractivity contribution < 1.29 is 4.79 Å². The molecule has 0 aromatic rings. The molecule has 1 atom stereocenters. The lowest BCUT2D eigenvalue weighted by atomic mass is 9.82. The fourth-order valence-electron chi connectivity index (χ4n) is 0.932. The van der Waals surface area contributed by atoms with Crippen LogP contribution in [0.1, 0.15) is 41.5 Å². The molecule has 0 heterocycles. The van der Waals surface area contributed by atoms with Gasteiger partial charge in [0.25, 0.3) is 0 Å². The Morgan fingerprint density at radius 3 is 2.13 bits per heavy atom. The fourth-order valence-corrected chi connectivity index (χ4v) is 0.932. The summed E-state index contributed by atoms with van der Waals surface area (Å²) in [5.41, 5.74) is 0.249. The van der Waals surface area contributed by atoms with Crippen molar-refractivity contribution in [3.63, 3.8) is 0 Å². The van der Waals surface area contributed by atoms with Crippen LogP contribution in [0.3, 0.4) is 0 Å². The maximum Gasteiger partial charge on any atom is 0.233 e. The van der Waals surface area contributed by atoms with Gasteiger partial charge in [-0.2, -0.15) is 0 Å². The minimum Gasteiger partial charge on any atom is -0.355 e. The van der Waals surface area contributed by atoms with Gasteiger partial charge in [0.15, 0.2) is 0 Å². The molecule has 0 rings (SSSR count). The van der Waals surface area contributed by atoms with Gasteiger partial charge in [-0.15, -0.1) is 0 Å². The van der Waals surface area contributed by atoms with Crippen molar-refractivity contribution in [2.45, 2.75) is 47.6 Å². The molecule has 0 aliphatic heterocycles. The number of carbonyl (C=O) groups is 1. The lowest BCUT2D eigenvalue weighted by Gasteiger charge is -2.27. The second-order valence-electron chi connectivity index (χ2n) is 5.61. The molecule has 0 saturated heterocycles. The summed E-state index contributed by atoms with van der Waals surface area (Å²) in [6, 6.07) is 0.357. The largest absolute Gasteiger partial charge is 0.355 e. The summed E-state index contributed by atoms with van der Waals surface area (Å²) in [6.07, 6.45) is 0. The van der Waals surface area contributed by atoms with Crippen LogP contribution in [-0.2, 0) is 4.79 Å². The summed E-state index contributed by atoms with van der Waals surface area (Å²) < 4.78 is 0. The molecular weight excluding hydrogens is 188 g/mol. The first-order valence-corrected chi connectivity index (χ1v) is 5.73. The molecule has 3 nitrogen and oxygen atoms in total.